The predicted octanol–water partition coefficient (Wildman–Crippen LogP) is 3.49. The van der Waals surface area contributed by atoms with E-state index in [0.29, 0.717) is 6.54 Å². The molecule has 2 aromatic rings. The Labute approximate surface area is 112 Å². The summed E-state index contributed by atoms with van der Waals surface area (Å²) in [7, 11) is 0. The Morgan fingerprint density at radius 2 is 1.83 bits per heavy atom. The van der Waals surface area contributed by atoms with Gasteiger partial charge in [-0.1, -0.05) is 35.9 Å². The predicted molar refractivity (Wildman–Crippen MR) is 76.5 cm³/mol. The maximum atomic E-state index is 6.23. The van der Waals surface area contributed by atoms with Crippen LogP contribution in [0.25, 0.3) is 0 Å². The molecule has 0 amide bonds. The van der Waals surface area contributed by atoms with Gasteiger partial charge in [-0.25, -0.2) is 0 Å². The minimum absolute atomic E-state index is 0.466. The van der Waals surface area contributed by atoms with E-state index in [0.717, 1.165) is 29.2 Å². The lowest BCUT2D eigenvalue weighted by Gasteiger charge is -2.23. The zero-order valence-electron chi connectivity index (χ0n) is 10.1. The Hall–Kier alpha value is -1.51. The fourth-order valence-electron chi connectivity index (χ4n) is 2.59. The molecule has 0 aliphatic carbocycles. The summed E-state index contributed by atoms with van der Waals surface area (Å²) in [6.45, 7) is 1.46. The van der Waals surface area contributed by atoms with Crippen molar-refractivity contribution >= 4 is 23.0 Å². The van der Waals surface area contributed by atoms with Gasteiger partial charge in [-0.2, -0.15) is 0 Å². The van der Waals surface area contributed by atoms with E-state index in [1.54, 1.807) is 0 Å². The molecule has 0 spiro atoms. The number of benzene rings is 2. The number of nitrogens with two attached hydrogens (primary N) is 1. The fraction of sp³-hybridized carbons (Fsp3) is 0.200. The molecule has 1 aliphatic rings. The van der Waals surface area contributed by atoms with E-state index in [9.17, 15) is 0 Å². The van der Waals surface area contributed by atoms with Crippen LogP contribution < -0.4 is 10.6 Å². The van der Waals surface area contributed by atoms with E-state index in [1.165, 1.54) is 11.3 Å². The lowest BCUT2D eigenvalue weighted by Crippen LogP contribution is -2.16. The fourth-order valence-corrected chi connectivity index (χ4v) is 2.84. The summed E-state index contributed by atoms with van der Waals surface area (Å²) in [6.07, 6.45) is 1.08. The highest BCUT2D eigenvalue weighted by Gasteiger charge is 2.22. The number of nitrogens with zero attached hydrogens (tertiary/aromatic N) is 1. The van der Waals surface area contributed by atoms with Gasteiger partial charge in [-0.15, -0.1) is 0 Å². The number of hydrogen-bond acceptors (Lipinski definition) is 2. The third-order valence-electron chi connectivity index (χ3n) is 3.48. The van der Waals surface area contributed by atoms with Crippen LogP contribution in [0.4, 0.5) is 11.4 Å². The van der Waals surface area contributed by atoms with Crippen molar-refractivity contribution in [3.63, 3.8) is 0 Å². The van der Waals surface area contributed by atoms with Crippen LogP contribution in [0.5, 0.6) is 0 Å². The van der Waals surface area contributed by atoms with Crippen LogP contribution in [0.15, 0.2) is 42.5 Å². The lowest BCUT2D eigenvalue weighted by molar-refractivity contribution is 0.972. The Kier molecular flexibility index (Phi) is 2.98. The van der Waals surface area contributed by atoms with E-state index in [4.69, 9.17) is 17.3 Å². The molecule has 92 valence electrons. The molecule has 2 N–H and O–H groups in total. The molecule has 1 aliphatic heterocycles. The smallest absolute Gasteiger partial charge is 0.0471 e. The normalized spacial score (nSPS) is 13.8. The summed E-state index contributed by atoms with van der Waals surface area (Å²) in [5.41, 5.74) is 10.6. The van der Waals surface area contributed by atoms with E-state index in [1.807, 2.05) is 12.1 Å². The molecule has 0 radical (unpaired) electrons. The second-order valence-electron chi connectivity index (χ2n) is 4.47. The number of anilines is 2. The molecular weight excluding hydrogens is 244 g/mol. The third kappa shape index (κ3) is 1.78. The van der Waals surface area contributed by atoms with Crippen LogP contribution in [0.3, 0.4) is 0 Å². The standard InChI is InChI=1S/C15H15ClN2/c16-13-5-3-7-15(12(13)10-17)18-9-8-11-4-1-2-6-14(11)18/h1-7H,8-10,17H2. The number of hydrogen-bond donors (Lipinski definition) is 1. The van der Waals surface area contributed by atoms with Crippen LogP contribution in [0.2, 0.25) is 5.02 Å². The van der Waals surface area contributed by atoms with Gasteiger partial charge < -0.3 is 10.6 Å². The van der Waals surface area contributed by atoms with Gasteiger partial charge in [-0.3, -0.25) is 0 Å². The lowest BCUT2D eigenvalue weighted by atomic mass is 10.1. The van der Waals surface area contributed by atoms with Gasteiger partial charge in [-0.05, 0) is 30.2 Å². The molecule has 2 aromatic carbocycles. The van der Waals surface area contributed by atoms with Gasteiger partial charge in [0.15, 0.2) is 0 Å². The van der Waals surface area contributed by atoms with Crippen molar-refractivity contribution in [2.24, 2.45) is 5.73 Å². The highest BCUT2D eigenvalue weighted by Crippen LogP contribution is 2.37. The van der Waals surface area contributed by atoms with Gasteiger partial charge in [0.25, 0.3) is 0 Å². The van der Waals surface area contributed by atoms with Gasteiger partial charge in [0.2, 0.25) is 0 Å². The van der Waals surface area contributed by atoms with Gasteiger partial charge in [0.05, 0.1) is 0 Å². The molecule has 2 nitrogen and oxygen atoms in total. The molecule has 0 saturated heterocycles. The first-order chi connectivity index (χ1) is 8.81. The molecule has 3 rings (SSSR count). The Morgan fingerprint density at radius 1 is 1.06 bits per heavy atom. The van der Waals surface area contributed by atoms with Gasteiger partial charge in [0.1, 0.15) is 0 Å². The molecule has 0 aromatic heterocycles. The van der Waals surface area contributed by atoms with E-state index in [2.05, 4.69) is 35.2 Å². The second kappa shape index (κ2) is 4.63. The molecule has 0 fully saturated rings. The summed E-state index contributed by atoms with van der Waals surface area (Å²) in [6, 6.07) is 14.5. The van der Waals surface area contributed by atoms with E-state index in [-0.39, 0.29) is 0 Å². The number of rotatable bonds is 2. The van der Waals surface area contributed by atoms with Crippen molar-refractivity contribution in [3.8, 4) is 0 Å². The third-order valence-corrected chi connectivity index (χ3v) is 3.83. The van der Waals surface area contributed by atoms with Crippen LogP contribution in [-0.2, 0) is 13.0 Å². The maximum absolute atomic E-state index is 6.23. The van der Waals surface area contributed by atoms with Gasteiger partial charge >= 0.3 is 0 Å². The summed E-state index contributed by atoms with van der Waals surface area (Å²) < 4.78 is 0. The number of fused-ring (bicyclic) bond motifs is 1. The molecule has 0 saturated carbocycles. The highest BCUT2D eigenvalue weighted by molar-refractivity contribution is 6.31. The van der Waals surface area contributed by atoms with Crippen LogP contribution in [0, 0.1) is 0 Å². The van der Waals surface area contributed by atoms with Crippen molar-refractivity contribution in [1.82, 2.24) is 0 Å². The molecule has 0 bridgehead atoms. The van der Waals surface area contributed by atoms with Crippen molar-refractivity contribution in [2.75, 3.05) is 11.4 Å². The van der Waals surface area contributed by atoms with Crippen molar-refractivity contribution in [3.05, 3.63) is 58.6 Å². The Bertz CT molecular complexity index is 580. The first-order valence-electron chi connectivity index (χ1n) is 6.14. The van der Waals surface area contributed by atoms with Crippen LogP contribution in [-0.4, -0.2) is 6.54 Å². The largest absolute Gasteiger partial charge is 0.341 e. The summed E-state index contributed by atoms with van der Waals surface area (Å²) >= 11 is 6.23. The SMILES string of the molecule is NCc1c(Cl)cccc1N1CCc2ccccc21. The first-order valence-corrected chi connectivity index (χ1v) is 6.52. The monoisotopic (exact) mass is 258 g/mol. The number of halogens is 1. The zero-order chi connectivity index (χ0) is 12.5. The van der Waals surface area contributed by atoms with Crippen molar-refractivity contribution in [2.45, 2.75) is 13.0 Å². The van der Waals surface area contributed by atoms with Gasteiger partial charge in [0, 0.05) is 35.1 Å². The molecular formula is C15H15ClN2. The minimum Gasteiger partial charge on any atom is -0.341 e. The van der Waals surface area contributed by atoms with E-state index < -0.39 is 0 Å². The average Bonchev–Trinajstić information content (AvgIpc) is 2.82. The quantitative estimate of drug-likeness (QED) is 0.893. The van der Waals surface area contributed by atoms with Crippen molar-refractivity contribution < 1.29 is 0 Å². The molecule has 18 heavy (non-hydrogen) atoms. The van der Waals surface area contributed by atoms with Crippen LogP contribution in [0.1, 0.15) is 11.1 Å². The average molecular weight is 259 g/mol. The molecule has 1 heterocycles. The Balaban J connectivity index is 2.10. The molecule has 0 unspecified atom stereocenters. The van der Waals surface area contributed by atoms with Crippen molar-refractivity contribution in [1.29, 1.82) is 0 Å². The maximum Gasteiger partial charge on any atom is 0.0471 e. The topological polar surface area (TPSA) is 29.3 Å². The summed E-state index contributed by atoms with van der Waals surface area (Å²) in [5.74, 6) is 0. The zero-order valence-corrected chi connectivity index (χ0v) is 10.8. The molecule has 0 atom stereocenters. The highest BCUT2D eigenvalue weighted by atomic mass is 35.5. The summed E-state index contributed by atoms with van der Waals surface area (Å²) in [4.78, 5) is 2.31. The Morgan fingerprint density at radius 3 is 2.67 bits per heavy atom. The van der Waals surface area contributed by atoms with E-state index >= 15 is 0 Å². The molecule has 3 heteroatoms. The minimum atomic E-state index is 0.466. The second-order valence-corrected chi connectivity index (χ2v) is 4.88. The summed E-state index contributed by atoms with van der Waals surface area (Å²) in [5, 5.41) is 0.749. The van der Waals surface area contributed by atoms with Crippen LogP contribution >= 0.6 is 11.6 Å². The number of para-hydroxylation sites is 1. The first kappa shape index (κ1) is 11.6.